The first kappa shape index (κ1) is 20.9. The summed E-state index contributed by atoms with van der Waals surface area (Å²) in [6.45, 7) is 15.8. The molecule has 3 rings (SSSR count). The van der Waals surface area contributed by atoms with Crippen LogP contribution in [0.1, 0.15) is 97.4 Å². The summed E-state index contributed by atoms with van der Waals surface area (Å²) in [5.41, 5.74) is 8.50. The molecule has 0 spiro atoms. The topological polar surface area (TPSA) is 37.3 Å². The highest BCUT2D eigenvalue weighted by atomic mass is 32.1. The van der Waals surface area contributed by atoms with E-state index in [1.165, 1.54) is 52.0 Å². The maximum Gasteiger partial charge on any atom is 0.336 e. The number of fused-ring (bicyclic) bond motifs is 1. The highest BCUT2D eigenvalue weighted by molar-refractivity contribution is 7.11. The van der Waals surface area contributed by atoms with Gasteiger partial charge in [-0.1, -0.05) is 46.8 Å². The largest absolute Gasteiger partial charge is 0.478 e. The minimum absolute atomic E-state index is 0.182. The van der Waals surface area contributed by atoms with Gasteiger partial charge < -0.3 is 5.11 Å². The smallest absolute Gasteiger partial charge is 0.336 e. The standard InChI is InChI=1S/C25H32O2S/c1-8-17-19(23(26)27)14-28-22(17)12-16(3)18-13-21-20(11-15(18)2)24(4,5)9-10-25(21,6)7/h11-14H,8-10H2,1-7H3,(H,26,27). The monoisotopic (exact) mass is 396 g/mol. The summed E-state index contributed by atoms with van der Waals surface area (Å²) in [5, 5.41) is 11.2. The van der Waals surface area contributed by atoms with Crippen LogP contribution in [0, 0.1) is 6.92 Å². The Morgan fingerprint density at radius 1 is 1.11 bits per heavy atom. The van der Waals surface area contributed by atoms with E-state index in [4.69, 9.17) is 0 Å². The lowest BCUT2D eigenvalue weighted by Gasteiger charge is -2.42. The molecule has 2 aromatic rings. The van der Waals surface area contributed by atoms with E-state index in [1.807, 2.05) is 6.92 Å². The molecule has 3 heteroatoms. The average molecular weight is 397 g/mol. The highest BCUT2D eigenvalue weighted by Crippen LogP contribution is 2.47. The third-order valence-corrected chi connectivity index (χ3v) is 7.45. The molecule has 150 valence electrons. The quantitative estimate of drug-likeness (QED) is 0.592. The first-order chi connectivity index (χ1) is 13.0. The number of hydrogen-bond donors (Lipinski definition) is 1. The molecule has 1 aliphatic rings. The van der Waals surface area contributed by atoms with Crippen LogP contribution in [-0.4, -0.2) is 11.1 Å². The molecular formula is C25H32O2S. The maximum absolute atomic E-state index is 11.5. The van der Waals surface area contributed by atoms with E-state index in [0.29, 0.717) is 5.56 Å². The molecule has 1 heterocycles. The molecular weight excluding hydrogens is 364 g/mol. The third kappa shape index (κ3) is 3.57. The van der Waals surface area contributed by atoms with Crippen molar-refractivity contribution in [1.82, 2.24) is 0 Å². The fourth-order valence-electron chi connectivity index (χ4n) is 4.48. The second kappa shape index (κ2) is 7.18. The maximum atomic E-state index is 11.5. The molecule has 0 bridgehead atoms. The normalized spacial score (nSPS) is 18.0. The Bertz CT molecular complexity index is 957. The van der Waals surface area contributed by atoms with Gasteiger partial charge in [0, 0.05) is 10.3 Å². The highest BCUT2D eigenvalue weighted by Gasteiger charge is 2.37. The van der Waals surface area contributed by atoms with Gasteiger partial charge in [0.05, 0.1) is 5.56 Å². The van der Waals surface area contributed by atoms with Crippen molar-refractivity contribution in [2.75, 3.05) is 0 Å². The first-order valence-electron chi connectivity index (χ1n) is 10.2. The van der Waals surface area contributed by atoms with Gasteiger partial charge in [-0.05, 0) is 83.4 Å². The lowest BCUT2D eigenvalue weighted by molar-refractivity contribution is 0.0696. The third-order valence-electron chi connectivity index (χ3n) is 6.48. The molecule has 0 aliphatic heterocycles. The molecule has 0 unspecified atom stereocenters. The molecule has 0 atom stereocenters. The van der Waals surface area contributed by atoms with Crippen molar-refractivity contribution in [2.24, 2.45) is 0 Å². The molecule has 2 nitrogen and oxygen atoms in total. The summed E-state index contributed by atoms with van der Waals surface area (Å²) < 4.78 is 0. The van der Waals surface area contributed by atoms with Gasteiger partial charge in [-0.15, -0.1) is 11.3 Å². The minimum Gasteiger partial charge on any atom is -0.478 e. The molecule has 0 fully saturated rings. The van der Waals surface area contributed by atoms with Crippen LogP contribution in [0.15, 0.2) is 17.5 Å². The average Bonchev–Trinajstić information content (AvgIpc) is 3.01. The van der Waals surface area contributed by atoms with E-state index < -0.39 is 5.97 Å². The minimum atomic E-state index is -0.834. The Kier molecular flexibility index (Phi) is 5.35. The van der Waals surface area contributed by atoms with Gasteiger partial charge in [0.1, 0.15) is 0 Å². The molecule has 1 aliphatic carbocycles. The summed E-state index contributed by atoms with van der Waals surface area (Å²) in [7, 11) is 0. The zero-order chi connectivity index (χ0) is 20.9. The number of carbonyl (C=O) groups is 1. The summed E-state index contributed by atoms with van der Waals surface area (Å²) in [4.78, 5) is 12.5. The van der Waals surface area contributed by atoms with E-state index in [-0.39, 0.29) is 10.8 Å². The Labute approximate surface area is 173 Å². The van der Waals surface area contributed by atoms with Crippen molar-refractivity contribution in [1.29, 1.82) is 0 Å². The second-order valence-corrected chi connectivity index (χ2v) is 10.4. The van der Waals surface area contributed by atoms with E-state index in [9.17, 15) is 9.90 Å². The Hall–Kier alpha value is -1.87. The number of aryl methyl sites for hydroxylation is 1. The Morgan fingerprint density at radius 3 is 2.21 bits per heavy atom. The molecule has 1 aromatic heterocycles. The molecule has 0 saturated carbocycles. The number of thiophene rings is 1. The molecule has 1 aromatic carbocycles. The molecule has 0 saturated heterocycles. The first-order valence-corrected chi connectivity index (χ1v) is 11.0. The number of allylic oxidation sites excluding steroid dienone is 1. The van der Waals surface area contributed by atoms with E-state index in [0.717, 1.165) is 16.9 Å². The van der Waals surface area contributed by atoms with Crippen molar-refractivity contribution in [3.05, 3.63) is 55.8 Å². The predicted molar refractivity (Wildman–Crippen MR) is 121 cm³/mol. The van der Waals surface area contributed by atoms with Gasteiger partial charge in [-0.2, -0.15) is 0 Å². The number of benzene rings is 1. The molecule has 28 heavy (non-hydrogen) atoms. The van der Waals surface area contributed by atoms with Crippen molar-refractivity contribution >= 4 is 29.0 Å². The van der Waals surface area contributed by atoms with Crippen molar-refractivity contribution in [3.8, 4) is 0 Å². The van der Waals surface area contributed by atoms with Gasteiger partial charge in [0.15, 0.2) is 0 Å². The summed E-state index contributed by atoms with van der Waals surface area (Å²) >= 11 is 1.53. The molecule has 1 N–H and O–H groups in total. The van der Waals surface area contributed by atoms with Gasteiger partial charge >= 0.3 is 5.97 Å². The lowest BCUT2D eigenvalue weighted by Crippen LogP contribution is -2.34. The van der Waals surface area contributed by atoms with Crippen LogP contribution in [0.25, 0.3) is 11.6 Å². The lowest BCUT2D eigenvalue weighted by atomic mass is 9.62. The van der Waals surface area contributed by atoms with E-state index >= 15 is 0 Å². The zero-order valence-corrected chi connectivity index (χ0v) is 19.0. The number of hydrogen-bond acceptors (Lipinski definition) is 2. The number of carboxylic acids is 1. The van der Waals surface area contributed by atoms with Crippen LogP contribution in [0.2, 0.25) is 0 Å². The van der Waals surface area contributed by atoms with Gasteiger partial charge in [0.25, 0.3) is 0 Å². The number of rotatable bonds is 4. The second-order valence-electron chi connectivity index (χ2n) is 9.46. The van der Waals surface area contributed by atoms with E-state index in [1.54, 1.807) is 5.38 Å². The van der Waals surface area contributed by atoms with Gasteiger partial charge in [0.2, 0.25) is 0 Å². The number of aromatic carboxylic acids is 1. The van der Waals surface area contributed by atoms with Crippen LogP contribution in [-0.2, 0) is 17.3 Å². The van der Waals surface area contributed by atoms with Crippen LogP contribution in [0.4, 0.5) is 0 Å². The summed E-state index contributed by atoms with van der Waals surface area (Å²) in [6, 6.07) is 4.79. The fraction of sp³-hybridized carbons (Fsp3) is 0.480. The summed E-state index contributed by atoms with van der Waals surface area (Å²) in [6.07, 6.45) is 5.32. The Morgan fingerprint density at radius 2 is 1.68 bits per heavy atom. The van der Waals surface area contributed by atoms with Gasteiger partial charge in [-0.25, -0.2) is 4.79 Å². The van der Waals surface area contributed by atoms with Crippen LogP contribution >= 0.6 is 11.3 Å². The SMILES string of the molecule is CCc1c(C(=O)O)csc1C=C(C)c1cc2c(cc1C)C(C)(C)CCC2(C)C. The molecule has 0 radical (unpaired) electrons. The number of carboxylic acid groups (broad SMARTS) is 1. The molecule has 0 amide bonds. The van der Waals surface area contributed by atoms with Crippen molar-refractivity contribution < 1.29 is 9.90 Å². The fourth-order valence-corrected chi connectivity index (χ4v) is 5.61. The van der Waals surface area contributed by atoms with E-state index in [2.05, 4.69) is 59.8 Å². The van der Waals surface area contributed by atoms with Crippen molar-refractivity contribution in [2.45, 2.75) is 78.6 Å². The van der Waals surface area contributed by atoms with Crippen LogP contribution in [0.5, 0.6) is 0 Å². The predicted octanol–water partition coefficient (Wildman–Crippen LogP) is 7.23. The van der Waals surface area contributed by atoms with Crippen molar-refractivity contribution in [3.63, 3.8) is 0 Å². The summed E-state index contributed by atoms with van der Waals surface area (Å²) in [5.74, 6) is -0.834. The zero-order valence-electron chi connectivity index (χ0n) is 18.2. The van der Waals surface area contributed by atoms with Crippen LogP contribution < -0.4 is 0 Å². The Balaban J connectivity index is 2.12. The van der Waals surface area contributed by atoms with Crippen LogP contribution in [0.3, 0.4) is 0 Å². The van der Waals surface area contributed by atoms with Gasteiger partial charge in [-0.3, -0.25) is 0 Å².